The van der Waals surface area contributed by atoms with Crippen molar-refractivity contribution in [2.75, 3.05) is 31.7 Å². The lowest BCUT2D eigenvalue weighted by Gasteiger charge is -2.25. The monoisotopic (exact) mass is 517 g/mol. The van der Waals surface area contributed by atoms with Crippen LogP contribution in [0.2, 0.25) is 0 Å². The van der Waals surface area contributed by atoms with E-state index in [1.165, 1.54) is 12.1 Å². The number of carboxylic acids is 2. The number of nitrogens with one attached hydrogen (secondary N) is 2. The third-order valence-electron chi connectivity index (χ3n) is 4.38. The van der Waals surface area contributed by atoms with Gasteiger partial charge in [-0.1, -0.05) is 0 Å². The maximum atomic E-state index is 12.1. The zero-order valence-electron chi connectivity index (χ0n) is 21.1. The number of nitrogens with two attached hydrogens (primary N) is 1. The van der Waals surface area contributed by atoms with Gasteiger partial charge in [-0.05, 0) is 58.0 Å². The summed E-state index contributed by atoms with van der Waals surface area (Å²) in [6.07, 6.45) is 0. The van der Waals surface area contributed by atoms with E-state index in [0.29, 0.717) is 36.0 Å². The molecule has 0 aliphatic rings. The molecule has 4 N–H and O–H groups in total. The summed E-state index contributed by atoms with van der Waals surface area (Å²) in [7, 11) is 0. The molecular formula is C25H31N3O9-2. The molecule has 12 heteroatoms. The first kappa shape index (κ1) is 30.6. The molecule has 202 valence electrons. The summed E-state index contributed by atoms with van der Waals surface area (Å²) in [5.74, 6) is -2.48. The Labute approximate surface area is 214 Å². The van der Waals surface area contributed by atoms with Crippen LogP contribution in [0.15, 0.2) is 36.4 Å². The highest BCUT2D eigenvalue weighted by molar-refractivity contribution is 5.95. The van der Waals surface area contributed by atoms with Gasteiger partial charge in [0.1, 0.15) is 11.6 Å². The number of anilines is 1. The molecule has 37 heavy (non-hydrogen) atoms. The highest BCUT2D eigenvalue weighted by atomic mass is 16.6. The van der Waals surface area contributed by atoms with Crippen LogP contribution in [-0.4, -0.2) is 50.2 Å². The maximum absolute atomic E-state index is 12.1. The van der Waals surface area contributed by atoms with Gasteiger partial charge < -0.3 is 49.8 Å². The van der Waals surface area contributed by atoms with Crippen molar-refractivity contribution in [3.63, 3.8) is 0 Å². The number of carboxylic acid groups (broad SMARTS) is 2. The summed E-state index contributed by atoms with van der Waals surface area (Å²) in [5.41, 5.74) is 6.57. The summed E-state index contributed by atoms with van der Waals surface area (Å²) in [5, 5.41) is 31.3. The number of aliphatic carboxylic acids is 2. The standard InChI is InChI=1S/C23H29N3O7.C2H4O2/c1-4-30-18-11-16(17(12-19(18)31-5-2)33-13-20(27)32-6-3)21(23(28)29)26-15-9-7-14(8-10-15)22(24)25;1-2(3)4/h7-12,21,26H,4-6,13H2,1-3H3,(H3,24,25)(H,28,29);1H3,(H,3,4)/p-2. The number of amidine groups is 1. The van der Waals surface area contributed by atoms with Gasteiger partial charge in [-0.25, -0.2) is 4.79 Å². The first-order valence-electron chi connectivity index (χ1n) is 11.3. The van der Waals surface area contributed by atoms with E-state index in [1.807, 2.05) is 0 Å². The Bertz CT molecular complexity index is 1070. The lowest BCUT2D eigenvalue weighted by Crippen LogP contribution is -2.34. The van der Waals surface area contributed by atoms with Crippen LogP contribution in [0.4, 0.5) is 5.69 Å². The second kappa shape index (κ2) is 15.5. The summed E-state index contributed by atoms with van der Waals surface area (Å²) < 4.78 is 21.7. The number of ether oxygens (including phenoxy) is 4. The van der Waals surface area contributed by atoms with Crippen LogP contribution in [0, 0.1) is 5.41 Å². The van der Waals surface area contributed by atoms with E-state index in [-0.39, 0.29) is 23.8 Å². The van der Waals surface area contributed by atoms with E-state index in [2.05, 4.69) is 5.32 Å². The van der Waals surface area contributed by atoms with Crippen LogP contribution in [0.3, 0.4) is 0 Å². The highest BCUT2D eigenvalue weighted by Gasteiger charge is 2.23. The molecular weight excluding hydrogens is 486 g/mol. The number of esters is 1. The number of benzene rings is 2. The van der Waals surface area contributed by atoms with Crippen LogP contribution in [-0.2, 0) is 19.1 Å². The van der Waals surface area contributed by atoms with Crippen molar-refractivity contribution >= 4 is 29.4 Å². The average Bonchev–Trinajstić information content (AvgIpc) is 2.82. The fourth-order valence-electron chi connectivity index (χ4n) is 2.96. The van der Waals surface area contributed by atoms with Gasteiger partial charge in [0.15, 0.2) is 18.1 Å². The van der Waals surface area contributed by atoms with Gasteiger partial charge in [-0.2, -0.15) is 0 Å². The molecule has 2 rings (SSSR count). The molecule has 0 aliphatic carbocycles. The Kier molecular flexibility index (Phi) is 12.8. The summed E-state index contributed by atoms with van der Waals surface area (Å²) in [6, 6.07) is 7.93. The number of carbonyl (C=O) groups excluding carboxylic acids is 3. The molecule has 0 aliphatic heterocycles. The minimum Gasteiger partial charge on any atom is -0.550 e. The van der Waals surface area contributed by atoms with Crippen LogP contribution in [0.5, 0.6) is 17.2 Å². The average molecular weight is 518 g/mol. The molecule has 1 unspecified atom stereocenters. The molecule has 0 heterocycles. The Hall–Kier alpha value is -4.48. The predicted octanol–water partition coefficient (Wildman–Crippen LogP) is 0.369. The van der Waals surface area contributed by atoms with Crippen LogP contribution < -0.4 is 35.5 Å². The van der Waals surface area contributed by atoms with Crippen molar-refractivity contribution in [2.45, 2.75) is 33.7 Å². The van der Waals surface area contributed by atoms with E-state index in [9.17, 15) is 14.7 Å². The van der Waals surface area contributed by atoms with E-state index in [4.69, 9.17) is 40.0 Å². The second-order valence-corrected chi connectivity index (χ2v) is 7.18. The van der Waals surface area contributed by atoms with Crippen LogP contribution in [0.1, 0.15) is 44.9 Å². The summed E-state index contributed by atoms with van der Waals surface area (Å²) >= 11 is 0. The van der Waals surface area contributed by atoms with Gasteiger partial charge in [0.25, 0.3) is 0 Å². The van der Waals surface area contributed by atoms with Gasteiger partial charge in [0.05, 0.1) is 31.8 Å². The minimum absolute atomic E-state index is 0.0945. The van der Waals surface area contributed by atoms with E-state index in [1.54, 1.807) is 45.0 Å². The molecule has 0 aromatic heterocycles. The predicted molar refractivity (Wildman–Crippen MR) is 130 cm³/mol. The van der Waals surface area contributed by atoms with E-state index in [0.717, 1.165) is 6.92 Å². The minimum atomic E-state index is -1.43. The molecule has 0 fully saturated rings. The number of rotatable bonds is 13. The Morgan fingerprint density at radius 2 is 1.46 bits per heavy atom. The van der Waals surface area contributed by atoms with E-state index < -0.39 is 30.6 Å². The van der Waals surface area contributed by atoms with Crippen molar-refractivity contribution in [1.82, 2.24) is 0 Å². The van der Waals surface area contributed by atoms with Gasteiger partial charge in [-0.15, -0.1) is 0 Å². The lowest BCUT2D eigenvalue weighted by molar-refractivity contribution is -0.307. The largest absolute Gasteiger partial charge is 0.550 e. The molecule has 2 aromatic carbocycles. The van der Waals surface area contributed by atoms with Gasteiger partial charge in [0.2, 0.25) is 0 Å². The van der Waals surface area contributed by atoms with Gasteiger partial charge in [-0.3, -0.25) is 5.41 Å². The van der Waals surface area contributed by atoms with Gasteiger partial charge >= 0.3 is 5.97 Å². The third-order valence-corrected chi connectivity index (χ3v) is 4.38. The normalized spacial score (nSPS) is 10.7. The smallest absolute Gasteiger partial charge is 0.344 e. The molecule has 0 saturated heterocycles. The molecule has 0 saturated carbocycles. The van der Waals surface area contributed by atoms with Crippen molar-refractivity contribution < 1.29 is 43.5 Å². The number of nitrogen functional groups attached to an aromatic ring is 1. The Balaban J connectivity index is 0.00000159. The van der Waals surface area contributed by atoms with E-state index >= 15 is 0 Å². The zero-order chi connectivity index (χ0) is 28.0. The number of hydrogen-bond donors (Lipinski definition) is 3. The SMILES string of the molecule is CC(=O)[O-].CCOC(=O)COc1cc(OCC)c(OCC)cc1C(Nc1ccc(C(=N)N)cc1)C(=O)[O-]. The maximum Gasteiger partial charge on any atom is 0.344 e. The number of hydrogen-bond acceptors (Lipinski definition) is 11. The quantitative estimate of drug-likeness (QED) is 0.188. The molecule has 1 atom stereocenters. The first-order valence-corrected chi connectivity index (χ1v) is 11.3. The van der Waals surface area contributed by atoms with Crippen molar-refractivity contribution in [2.24, 2.45) is 5.73 Å². The van der Waals surface area contributed by atoms with Crippen LogP contribution in [0.25, 0.3) is 0 Å². The summed E-state index contributed by atoms with van der Waals surface area (Å²) in [4.78, 5) is 32.8. The topological polar surface area (TPSA) is 196 Å². The molecule has 0 amide bonds. The molecule has 0 spiro atoms. The molecule has 0 radical (unpaired) electrons. The number of carbonyl (C=O) groups is 3. The highest BCUT2D eigenvalue weighted by Crippen LogP contribution is 2.39. The Morgan fingerprint density at radius 3 is 1.92 bits per heavy atom. The van der Waals surface area contributed by atoms with Gasteiger partial charge in [0, 0.05) is 28.8 Å². The zero-order valence-corrected chi connectivity index (χ0v) is 21.1. The fourth-order valence-corrected chi connectivity index (χ4v) is 2.96. The van der Waals surface area contributed by atoms with Crippen molar-refractivity contribution in [1.29, 1.82) is 5.41 Å². The lowest BCUT2D eigenvalue weighted by atomic mass is 10.0. The molecule has 12 nitrogen and oxygen atoms in total. The second-order valence-electron chi connectivity index (χ2n) is 7.18. The third kappa shape index (κ3) is 10.3. The van der Waals surface area contributed by atoms with Crippen molar-refractivity contribution in [3.05, 3.63) is 47.5 Å². The van der Waals surface area contributed by atoms with Crippen LogP contribution >= 0.6 is 0 Å². The first-order chi connectivity index (χ1) is 17.5. The molecule has 0 bridgehead atoms. The Morgan fingerprint density at radius 1 is 0.919 bits per heavy atom. The van der Waals surface area contributed by atoms with Crippen molar-refractivity contribution in [3.8, 4) is 17.2 Å². The summed E-state index contributed by atoms with van der Waals surface area (Å²) in [6.45, 7) is 6.63. The fraction of sp³-hybridized carbons (Fsp3) is 0.360. The molecule has 2 aromatic rings.